The van der Waals surface area contributed by atoms with Gasteiger partial charge >= 0.3 is 12.1 Å². The van der Waals surface area contributed by atoms with E-state index in [2.05, 4.69) is 34.9 Å². The Hall–Kier alpha value is -3.35. The average Bonchev–Trinajstić information content (AvgIpc) is 3.12. The average molecular weight is 479 g/mol. The number of hydrogen-bond donors (Lipinski definition) is 3. The van der Waals surface area contributed by atoms with Crippen LogP contribution in [0.3, 0.4) is 0 Å². The number of alkyl carbamates (subject to hydrolysis) is 1. The third-order valence-electron chi connectivity index (χ3n) is 7.24. The zero-order valence-corrected chi connectivity index (χ0v) is 20.4. The summed E-state index contributed by atoms with van der Waals surface area (Å²) in [6.07, 6.45) is 2.68. The van der Waals surface area contributed by atoms with Crippen LogP contribution in [0.4, 0.5) is 4.79 Å². The van der Waals surface area contributed by atoms with Crippen molar-refractivity contribution in [2.45, 2.75) is 57.9 Å². The Kier molecular flexibility index (Phi) is 7.43. The summed E-state index contributed by atoms with van der Waals surface area (Å²) in [6, 6.07) is 15.5. The summed E-state index contributed by atoms with van der Waals surface area (Å²) in [7, 11) is 0. The number of rotatable bonds is 10. The molecule has 0 radical (unpaired) electrons. The molecule has 0 saturated heterocycles. The molecule has 35 heavy (non-hydrogen) atoms. The van der Waals surface area contributed by atoms with Crippen molar-refractivity contribution in [3.63, 3.8) is 0 Å². The standard InChI is InChI=1S/C28H34N2O5/c1-18(2)14-24(26(32)33)30-25(31)15-28(12-7-13-28)17-29-27(34)35-16-23-21-10-5-3-8-19(21)20-9-4-6-11-22(20)23/h3-6,8-11,18,23-24H,7,12-17H2,1-2H3,(H,29,34)(H,30,31)(H,32,33)/t24-/m1/s1. The molecule has 0 spiro atoms. The Bertz CT molecular complexity index is 1050. The van der Waals surface area contributed by atoms with Gasteiger partial charge in [-0.2, -0.15) is 0 Å². The predicted octanol–water partition coefficient (Wildman–Crippen LogP) is 4.70. The molecule has 0 aliphatic heterocycles. The van der Waals surface area contributed by atoms with E-state index < -0.39 is 18.1 Å². The lowest BCUT2D eigenvalue weighted by molar-refractivity contribution is -0.142. The molecule has 1 fully saturated rings. The van der Waals surface area contributed by atoms with Crippen LogP contribution >= 0.6 is 0 Å². The molecule has 4 rings (SSSR count). The van der Waals surface area contributed by atoms with Gasteiger partial charge in [0.2, 0.25) is 5.91 Å². The third kappa shape index (κ3) is 5.66. The van der Waals surface area contributed by atoms with Crippen molar-refractivity contribution in [2.24, 2.45) is 11.3 Å². The molecule has 0 unspecified atom stereocenters. The first kappa shape index (κ1) is 24.8. The second-order valence-electron chi connectivity index (χ2n) is 10.3. The first-order chi connectivity index (χ1) is 16.8. The minimum Gasteiger partial charge on any atom is -0.480 e. The summed E-state index contributed by atoms with van der Waals surface area (Å²) in [5, 5.41) is 14.9. The number of carboxylic acids is 1. The molecule has 2 aromatic rings. The quantitative estimate of drug-likeness (QED) is 0.459. The number of hydrogen-bond acceptors (Lipinski definition) is 4. The molecule has 2 aliphatic rings. The van der Waals surface area contributed by atoms with Gasteiger partial charge in [-0.05, 0) is 52.8 Å². The molecule has 3 N–H and O–H groups in total. The lowest BCUT2D eigenvalue weighted by atomic mass is 9.66. The number of ether oxygens (including phenoxy) is 1. The van der Waals surface area contributed by atoms with Crippen molar-refractivity contribution >= 4 is 18.0 Å². The number of nitrogens with one attached hydrogen (secondary N) is 2. The molecule has 7 heteroatoms. The van der Waals surface area contributed by atoms with Gasteiger partial charge in [-0.15, -0.1) is 0 Å². The van der Waals surface area contributed by atoms with Gasteiger partial charge in [0.25, 0.3) is 0 Å². The maximum absolute atomic E-state index is 12.6. The van der Waals surface area contributed by atoms with Crippen molar-refractivity contribution < 1.29 is 24.2 Å². The van der Waals surface area contributed by atoms with Crippen LogP contribution in [0, 0.1) is 11.3 Å². The van der Waals surface area contributed by atoms with Crippen LogP contribution in [0.1, 0.15) is 63.0 Å². The van der Waals surface area contributed by atoms with E-state index in [0.29, 0.717) is 13.0 Å². The number of fused-ring (bicyclic) bond motifs is 3. The first-order valence-electron chi connectivity index (χ1n) is 12.4. The minimum atomic E-state index is -1.02. The summed E-state index contributed by atoms with van der Waals surface area (Å²) in [5.74, 6) is -1.16. The molecular weight excluding hydrogens is 444 g/mol. The molecule has 0 aromatic heterocycles. The smallest absolute Gasteiger partial charge is 0.407 e. The maximum atomic E-state index is 12.6. The Morgan fingerprint density at radius 2 is 1.63 bits per heavy atom. The largest absolute Gasteiger partial charge is 0.480 e. The van der Waals surface area contributed by atoms with E-state index in [0.717, 1.165) is 30.4 Å². The Labute approximate surface area is 206 Å². The van der Waals surface area contributed by atoms with E-state index in [1.54, 1.807) is 0 Å². The minimum absolute atomic E-state index is 0.00880. The fourth-order valence-electron chi connectivity index (χ4n) is 5.28. The number of carboxylic acid groups (broad SMARTS) is 1. The van der Waals surface area contributed by atoms with Crippen molar-refractivity contribution in [2.75, 3.05) is 13.2 Å². The molecule has 186 valence electrons. The molecule has 7 nitrogen and oxygen atoms in total. The fourth-order valence-corrected chi connectivity index (χ4v) is 5.28. The van der Waals surface area contributed by atoms with Crippen molar-refractivity contribution in [3.05, 3.63) is 59.7 Å². The van der Waals surface area contributed by atoms with Crippen LogP contribution in [0.2, 0.25) is 0 Å². The van der Waals surface area contributed by atoms with Crippen molar-refractivity contribution in [1.29, 1.82) is 0 Å². The summed E-state index contributed by atoms with van der Waals surface area (Å²) < 4.78 is 5.62. The number of carbonyl (C=O) groups excluding carboxylic acids is 2. The number of amides is 2. The van der Waals surface area contributed by atoms with Gasteiger partial charge < -0.3 is 20.5 Å². The van der Waals surface area contributed by atoms with E-state index in [9.17, 15) is 19.5 Å². The fraction of sp³-hybridized carbons (Fsp3) is 0.464. The van der Waals surface area contributed by atoms with Crippen LogP contribution in [-0.2, 0) is 14.3 Å². The molecular formula is C28H34N2O5. The lowest BCUT2D eigenvalue weighted by Crippen LogP contribution is -2.48. The zero-order chi connectivity index (χ0) is 25.0. The monoisotopic (exact) mass is 478 g/mol. The lowest BCUT2D eigenvalue weighted by Gasteiger charge is -2.41. The SMILES string of the molecule is CC(C)C[C@@H](NC(=O)CC1(CNC(=O)OCC2c3ccccc3-c3ccccc32)CCC1)C(=O)O. The van der Waals surface area contributed by atoms with Crippen LogP contribution in [0.15, 0.2) is 48.5 Å². The van der Waals surface area contributed by atoms with Crippen LogP contribution in [0.5, 0.6) is 0 Å². The van der Waals surface area contributed by atoms with Gasteiger partial charge in [0.1, 0.15) is 12.6 Å². The highest BCUT2D eigenvalue weighted by Gasteiger charge is 2.40. The van der Waals surface area contributed by atoms with Gasteiger partial charge in [0.05, 0.1) is 0 Å². The van der Waals surface area contributed by atoms with Crippen LogP contribution < -0.4 is 10.6 Å². The molecule has 0 heterocycles. The van der Waals surface area contributed by atoms with E-state index in [1.807, 2.05) is 38.1 Å². The molecule has 2 aromatic carbocycles. The predicted molar refractivity (Wildman–Crippen MR) is 133 cm³/mol. The van der Waals surface area contributed by atoms with E-state index in [-0.39, 0.29) is 36.2 Å². The molecule has 2 amide bonds. The topological polar surface area (TPSA) is 105 Å². The molecule has 2 aliphatic carbocycles. The number of aliphatic carboxylic acids is 1. The highest BCUT2D eigenvalue weighted by molar-refractivity contribution is 5.84. The molecule has 0 bridgehead atoms. The van der Waals surface area contributed by atoms with E-state index >= 15 is 0 Å². The zero-order valence-electron chi connectivity index (χ0n) is 20.4. The Balaban J connectivity index is 1.30. The number of carbonyl (C=O) groups is 3. The van der Waals surface area contributed by atoms with Crippen LogP contribution in [-0.4, -0.2) is 42.3 Å². The van der Waals surface area contributed by atoms with Crippen molar-refractivity contribution in [3.8, 4) is 11.1 Å². The van der Waals surface area contributed by atoms with E-state index in [1.165, 1.54) is 11.1 Å². The van der Waals surface area contributed by atoms with Crippen LogP contribution in [0.25, 0.3) is 11.1 Å². The third-order valence-corrected chi connectivity index (χ3v) is 7.24. The summed E-state index contributed by atoms with van der Waals surface area (Å²) >= 11 is 0. The summed E-state index contributed by atoms with van der Waals surface area (Å²) in [6.45, 7) is 4.42. The van der Waals surface area contributed by atoms with Gasteiger partial charge in [-0.3, -0.25) is 4.79 Å². The molecule has 1 atom stereocenters. The molecule has 1 saturated carbocycles. The summed E-state index contributed by atoms with van der Waals surface area (Å²) in [5.41, 5.74) is 4.31. The normalized spacial score (nSPS) is 16.5. The maximum Gasteiger partial charge on any atom is 0.407 e. The highest BCUT2D eigenvalue weighted by Crippen LogP contribution is 2.45. The van der Waals surface area contributed by atoms with Gasteiger partial charge in [-0.25, -0.2) is 9.59 Å². The summed E-state index contributed by atoms with van der Waals surface area (Å²) in [4.78, 5) is 36.7. The highest BCUT2D eigenvalue weighted by atomic mass is 16.5. The second kappa shape index (κ2) is 10.5. The number of benzene rings is 2. The Morgan fingerprint density at radius 3 is 2.14 bits per heavy atom. The van der Waals surface area contributed by atoms with Gasteiger partial charge in [0, 0.05) is 18.9 Å². The Morgan fingerprint density at radius 1 is 1.03 bits per heavy atom. The van der Waals surface area contributed by atoms with E-state index in [4.69, 9.17) is 4.74 Å². The second-order valence-corrected chi connectivity index (χ2v) is 10.3. The van der Waals surface area contributed by atoms with Gasteiger partial charge in [-0.1, -0.05) is 68.8 Å². The first-order valence-corrected chi connectivity index (χ1v) is 12.4. The van der Waals surface area contributed by atoms with Crippen molar-refractivity contribution in [1.82, 2.24) is 10.6 Å². The van der Waals surface area contributed by atoms with Gasteiger partial charge in [0.15, 0.2) is 0 Å².